The van der Waals surface area contributed by atoms with Crippen LogP contribution in [-0.4, -0.2) is 65.3 Å². The largest absolute Gasteiger partial charge is 0.489 e. The van der Waals surface area contributed by atoms with Gasteiger partial charge in [-0.1, -0.05) is 77.8 Å². The summed E-state index contributed by atoms with van der Waals surface area (Å²) in [5, 5.41) is 25.9. The normalized spacial score (nSPS) is 17.6. The lowest BCUT2D eigenvalue weighted by atomic mass is 9.92. The van der Waals surface area contributed by atoms with Crippen molar-refractivity contribution in [3.05, 3.63) is 147 Å². The van der Waals surface area contributed by atoms with Gasteiger partial charge in [0.05, 0.1) is 47.1 Å². The minimum atomic E-state index is -1.31. The number of nitrogens with zero attached hydrogens (tertiary/aromatic N) is 2. The van der Waals surface area contributed by atoms with E-state index >= 15 is 0 Å². The Hall–Kier alpha value is -6.59. The highest BCUT2D eigenvalue weighted by atomic mass is 35.5. The van der Waals surface area contributed by atoms with Crippen LogP contribution in [0.5, 0.6) is 11.5 Å². The number of carboxylic acid groups (broad SMARTS) is 1. The number of carboxylic acids is 1. The van der Waals surface area contributed by atoms with Crippen LogP contribution in [0.3, 0.4) is 0 Å². The molecule has 3 heterocycles. The Balaban J connectivity index is 0.980. The van der Waals surface area contributed by atoms with Crippen LogP contribution in [0, 0.1) is 11.3 Å². The first kappa shape index (κ1) is 42.1. The van der Waals surface area contributed by atoms with Crippen LogP contribution < -0.4 is 20.1 Å². The summed E-state index contributed by atoms with van der Waals surface area (Å²) in [5.74, 6) is -1.35. The molecule has 3 N–H and O–H groups in total. The van der Waals surface area contributed by atoms with Gasteiger partial charge in [0, 0.05) is 31.2 Å². The second kappa shape index (κ2) is 18.6. The average Bonchev–Trinajstić information content (AvgIpc) is 3.28. The van der Waals surface area contributed by atoms with E-state index in [1.165, 1.54) is 4.90 Å². The van der Waals surface area contributed by atoms with Crippen molar-refractivity contribution in [2.45, 2.75) is 63.1 Å². The summed E-state index contributed by atoms with van der Waals surface area (Å²) < 4.78 is 23.5. The van der Waals surface area contributed by atoms with Crippen molar-refractivity contribution in [1.82, 2.24) is 10.2 Å². The molecule has 0 saturated carbocycles. The van der Waals surface area contributed by atoms with Crippen molar-refractivity contribution in [3.8, 4) is 28.7 Å². The van der Waals surface area contributed by atoms with Gasteiger partial charge < -0.3 is 34.7 Å². The average molecular weight is 876 g/mol. The zero-order valence-electron chi connectivity index (χ0n) is 33.1. The summed E-state index contributed by atoms with van der Waals surface area (Å²) in [6.07, 6.45) is -1.09. The number of rotatable bonds is 11. The highest BCUT2D eigenvalue weighted by Gasteiger charge is 2.40. The maximum Gasteiger partial charge on any atom is 0.411 e. The molecule has 2 unspecified atom stereocenters. The molecule has 0 aromatic heterocycles. The van der Waals surface area contributed by atoms with E-state index in [0.717, 1.165) is 16.7 Å². The van der Waals surface area contributed by atoms with E-state index in [0.29, 0.717) is 81.1 Å². The third-order valence-electron chi connectivity index (χ3n) is 11.1. The number of anilines is 1. The Morgan fingerprint density at radius 1 is 0.887 bits per heavy atom. The zero-order valence-corrected chi connectivity index (χ0v) is 34.7. The van der Waals surface area contributed by atoms with Crippen LogP contribution in [-0.2, 0) is 49.9 Å². The van der Waals surface area contributed by atoms with Gasteiger partial charge in [0.25, 0.3) is 5.91 Å². The molecule has 3 amide bonds. The maximum atomic E-state index is 14.1. The number of nitrogens with one attached hydrogen (secondary N) is 2. The van der Waals surface area contributed by atoms with Crippen LogP contribution in [0.15, 0.2) is 103 Å². The summed E-state index contributed by atoms with van der Waals surface area (Å²) >= 11 is 12.2. The van der Waals surface area contributed by atoms with Crippen LogP contribution in [0.4, 0.5) is 10.5 Å². The number of carbonyl (C=O) groups excluding carboxylic acids is 3. The third-order valence-corrected chi connectivity index (χ3v) is 11.8. The number of halogens is 2. The van der Waals surface area contributed by atoms with Gasteiger partial charge in [0.2, 0.25) is 12.0 Å². The molecule has 3 aliphatic heterocycles. The number of nitriles is 1. The van der Waals surface area contributed by atoms with E-state index in [1.807, 2.05) is 30.3 Å². The van der Waals surface area contributed by atoms with Crippen LogP contribution >= 0.6 is 23.2 Å². The van der Waals surface area contributed by atoms with Gasteiger partial charge in [0.15, 0.2) is 0 Å². The Bertz CT molecular complexity index is 2540. The summed E-state index contributed by atoms with van der Waals surface area (Å²) in [7, 11) is 0. The summed E-state index contributed by atoms with van der Waals surface area (Å²) in [6, 6.07) is 29.7. The van der Waals surface area contributed by atoms with Crippen LogP contribution in [0.2, 0.25) is 10.0 Å². The molecule has 5 aromatic carbocycles. The predicted octanol–water partition coefficient (Wildman–Crippen LogP) is 8.04. The molecule has 1 saturated heterocycles. The fraction of sp³-hybridized carbons (Fsp3) is 0.255. The molecule has 13 nitrogen and oxygen atoms in total. The van der Waals surface area contributed by atoms with E-state index in [4.69, 9.17) is 47.4 Å². The first-order chi connectivity index (χ1) is 30.0. The van der Waals surface area contributed by atoms with Crippen molar-refractivity contribution >= 4 is 52.8 Å². The second-order valence-electron chi connectivity index (χ2n) is 15.2. The highest BCUT2D eigenvalue weighted by Crippen LogP contribution is 2.40. The lowest BCUT2D eigenvalue weighted by Crippen LogP contribution is -2.56. The van der Waals surface area contributed by atoms with E-state index in [2.05, 4.69) is 16.7 Å². The lowest BCUT2D eigenvalue weighted by Gasteiger charge is -2.38. The van der Waals surface area contributed by atoms with Gasteiger partial charge >= 0.3 is 12.1 Å². The molecular weight excluding hydrogens is 835 g/mol. The monoisotopic (exact) mass is 874 g/mol. The smallest absolute Gasteiger partial charge is 0.411 e. The molecule has 0 aliphatic carbocycles. The molecule has 62 heavy (non-hydrogen) atoms. The van der Waals surface area contributed by atoms with Gasteiger partial charge in [-0.05, 0) is 81.9 Å². The van der Waals surface area contributed by atoms with Gasteiger partial charge in [-0.2, -0.15) is 5.26 Å². The van der Waals surface area contributed by atoms with Gasteiger partial charge in [0.1, 0.15) is 36.3 Å². The summed E-state index contributed by atoms with van der Waals surface area (Å²) in [6.45, 7) is 1.09. The first-order valence-corrected chi connectivity index (χ1v) is 20.7. The number of fused-ring (bicyclic) bond motifs is 2. The van der Waals surface area contributed by atoms with E-state index < -0.39 is 48.2 Å². The van der Waals surface area contributed by atoms with E-state index in [1.54, 1.807) is 72.8 Å². The van der Waals surface area contributed by atoms with Crippen molar-refractivity contribution in [2.75, 3.05) is 18.5 Å². The maximum absolute atomic E-state index is 14.1. The fourth-order valence-electron chi connectivity index (χ4n) is 7.65. The fourth-order valence-corrected chi connectivity index (χ4v) is 7.97. The molecule has 0 bridgehead atoms. The Morgan fingerprint density at radius 2 is 1.58 bits per heavy atom. The van der Waals surface area contributed by atoms with Crippen molar-refractivity contribution in [2.24, 2.45) is 0 Å². The Kier molecular flexibility index (Phi) is 12.6. The summed E-state index contributed by atoms with van der Waals surface area (Å²) in [4.78, 5) is 55.3. The molecule has 5 aromatic rings. The van der Waals surface area contributed by atoms with Crippen LogP contribution in [0.1, 0.15) is 52.3 Å². The number of ether oxygens (including phenoxy) is 4. The topological polar surface area (TPSA) is 177 Å². The standard InChI is InChI=1S/C47H40Cl2N4O9/c48-37-14-5-29(19-38(37)49)26-60-35-12-10-32(11-13-35)43-45(55)51-39-21-33-22-41(53(25-34(33)23-42(39)62-43)47(58)61-36-15-17-59-18-16-36)44(54)52-40(46(56)57)20-27-1-6-30(7-2-27)31-8-3-28(24-50)4-9-31/h1-14,19,21,23,36,40-41,43H,15-18,20,22,25-26H2,(H,51,55)(H,52,54)(H,56,57)/t40-,41?,43?/m0/s1. The first-order valence-electron chi connectivity index (χ1n) is 20.0. The van der Waals surface area contributed by atoms with Gasteiger partial charge in [-0.15, -0.1) is 0 Å². The molecule has 15 heteroatoms. The minimum absolute atomic E-state index is 0.0168. The SMILES string of the molecule is N#Cc1ccc(-c2ccc(C[C@H](NC(=O)C3Cc4cc5c(cc4CN3C(=O)OC3CCOCC3)OC(c3ccc(OCc4ccc(Cl)c(Cl)c4)cc3)C(=O)N5)C(=O)O)cc2)cc1. The number of amides is 3. The molecule has 8 rings (SSSR count). The lowest BCUT2D eigenvalue weighted by molar-refractivity contribution is -0.142. The molecular formula is C47H40Cl2N4O9. The molecule has 3 aliphatic rings. The number of hydrogen-bond acceptors (Lipinski definition) is 9. The molecule has 0 spiro atoms. The van der Waals surface area contributed by atoms with Gasteiger partial charge in [-0.25, -0.2) is 9.59 Å². The van der Waals surface area contributed by atoms with E-state index in [9.17, 15) is 24.3 Å². The third kappa shape index (κ3) is 9.63. The number of benzene rings is 5. The van der Waals surface area contributed by atoms with Crippen molar-refractivity contribution in [1.29, 1.82) is 5.26 Å². The quantitative estimate of drug-likeness (QED) is 0.118. The Morgan fingerprint density at radius 3 is 2.26 bits per heavy atom. The zero-order chi connectivity index (χ0) is 43.3. The van der Waals surface area contributed by atoms with Crippen LogP contribution in [0.25, 0.3) is 11.1 Å². The van der Waals surface area contributed by atoms with Crippen molar-refractivity contribution < 1.29 is 43.2 Å². The number of hydrogen-bond donors (Lipinski definition) is 3. The molecule has 0 radical (unpaired) electrons. The molecule has 316 valence electrons. The molecule has 1 fully saturated rings. The summed E-state index contributed by atoms with van der Waals surface area (Å²) in [5.41, 5.74) is 6.16. The highest BCUT2D eigenvalue weighted by molar-refractivity contribution is 6.42. The molecule has 3 atom stereocenters. The Labute approximate surface area is 367 Å². The minimum Gasteiger partial charge on any atom is -0.489 e. The number of carbonyl (C=O) groups is 4. The number of aliphatic carboxylic acids is 1. The second-order valence-corrected chi connectivity index (χ2v) is 16.1. The predicted molar refractivity (Wildman–Crippen MR) is 229 cm³/mol. The van der Waals surface area contributed by atoms with E-state index in [-0.39, 0.29) is 26.0 Å². The van der Waals surface area contributed by atoms with Gasteiger partial charge in [-0.3, -0.25) is 14.5 Å². The van der Waals surface area contributed by atoms with Crippen molar-refractivity contribution in [3.63, 3.8) is 0 Å².